The molecule has 0 aliphatic heterocycles. The number of halogens is 4. The highest BCUT2D eigenvalue weighted by Gasteiger charge is 2.19. The molecule has 1 N–H and O–H groups in total. The van der Waals surface area contributed by atoms with Crippen molar-refractivity contribution in [2.75, 3.05) is 18.4 Å². The van der Waals surface area contributed by atoms with Gasteiger partial charge < -0.3 is 10.2 Å². The first-order valence-electron chi connectivity index (χ1n) is 8.27. The van der Waals surface area contributed by atoms with Gasteiger partial charge in [-0.15, -0.1) is 0 Å². The monoisotopic (exact) mass is 382 g/mol. The van der Waals surface area contributed by atoms with Crippen LogP contribution in [0.5, 0.6) is 0 Å². The molecule has 0 saturated heterocycles. The molecule has 4 nitrogen and oxygen atoms in total. The Balaban J connectivity index is 2.04. The number of anilines is 1. The van der Waals surface area contributed by atoms with Crippen LogP contribution in [0.3, 0.4) is 0 Å². The molecule has 0 unspecified atom stereocenters. The zero-order valence-electron chi connectivity index (χ0n) is 14.6. The molecule has 144 valence electrons. The van der Waals surface area contributed by atoms with Gasteiger partial charge in [0, 0.05) is 6.54 Å². The summed E-state index contributed by atoms with van der Waals surface area (Å²) < 4.78 is 52.8. The number of benzene rings is 2. The van der Waals surface area contributed by atoms with Crippen molar-refractivity contribution in [1.29, 1.82) is 0 Å². The molecule has 8 heteroatoms. The van der Waals surface area contributed by atoms with E-state index in [0.717, 1.165) is 6.07 Å². The number of carbonyl (C=O) groups excluding carboxylic acids is 2. The minimum Gasteiger partial charge on any atom is -0.333 e. The van der Waals surface area contributed by atoms with Crippen LogP contribution in [-0.2, 0) is 16.0 Å². The summed E-state index contributed by atoms with van der Waals surface area (Å²) in [5, 5.41) is 2.13. The second-order valence-corrected chi connectivity index (χ2v) is 5.89. The molecule has 0 saturated carbocycles. The lowest BCUT2D eigenvalue weighted by molar-refractivity contribution is -0.134. The molecule has 0 aliphatic rings. The Morgan fingerprint density at radius 1 is 0.963 bits per heavy atom. The average molecular weight is 382 g/mol. The molecular formula is C19H18F4N2O2. The predicted molar refractivity (Wildman–Crippen MR) is 91.9 cm³/mol. The molecule has 2 aromatic rings. The summed E-state index contributed by atoms with van der Waals surface area (Å²) >= 11 is 0. The zero-order chi connectivity index (χ0) is 20.0. The summed E-state index contributed by atoms with van der Waals surface area (Å²) in [6.07, 6.45) is 0.537. The van der Waals surface area contributed by atoms with Gasteiger partial charge in [-0.05, 0) is 36.2 Å². The number of hydrogen-bond acceptors (Lipinski definition) is 2. The van der Waals surface area contributed by atoms with E-state index < -0.39 is 34.9 Å². The van der Waals surface area contributed by atoms with Crippen LogP contribution in [0.15, 0.2) is 36.4 Å². The number of carbonyl (C=O) groups is 2. The number of hydrogen-bond donors (Lipinski definition) is 1. The fraction of sp³-hybridized carbons (Fsp3) is 0.263. The molecule has 2 amide bonds. The van der Waals surface area contributed by atoms with Gasteiger partial charge >= 0.3 is 0 Å². The van der Waals surface area contributed by atoms with Crippen LogP contribution in [-0.4, -0.2) is 29.8 Å². The SMILES string of the molecule is CCCN(CC(=O)Nc1ccc(F)c(F)c1F)C(=O)Cc1ccc(F)cc1. The van der Waals surface area contributed by atoms with Gasteiger partial charge in [-0.2, -0.15) is 0 Å². The molecule has 0 atom stereocenters. The Labute approximate surface area is 153 Å². The van der Waals surface area contributed by atoms with E-state index in [-0.39, 0.29) is 25.4 Å². The van der Waals surface area contributed by atoms with Crippen molar-refractivity contribution in [3.8, 4) is 0 Å². The molecule has 27 heavy (non-hydrogen) atoms. The summed E-state index contributed by atoms with van der Waals surface area (Å²) in [5.41, 5.74) is 0.0656. The lowest BCUT2D eigenvalue weighted by Crippen LogP contribution is -2.39. The number of nitrogens with zero attached hydrogens (tertiary/aromatic N) is 1. The van der Waals surface area contributed by atoms with Crippen LogP contribution in [0.1, 0.15) is 18.9 Å². The fourth-order valence-electron chi connectivity index (χ4n) is 2.44. The minimum absolute atomic E-state index is 0.0346. The third-order valence-corrected chi connectivity index (χ3v) is 3.76. The van der Waals surface area contributed by atoms with E-state index in [1.807, 2.05) is 6.92 Å². The van der Waals surface area contributed by atoms with Crippen LogP contribution < -0.4 is 5.32 Å². The maximum absolute atomic E-state index is 13.6. The van der Waals surface area contributed by atoms with Crippen LogP contribution in [0.4, 0.5) is 23.2 Å². The smallest absolute Gasteiger partial charge is 0.244 e. The van der Waals surface area contributed by atoms with Gasteiger partial charge in [-0.3, -0.25) is 9.59 Å². The quantitative estimate of drug-likeness (QED) is 0.587. The van der Waals surface area contributed by atoms with E-state index in [1.165, 1.54) is 29.2 Å². The van der Waals surface area contributed by atoms with E-state index in [0.29, 0.717) is 18.1 Å². The van der Waals surface area contributed by atoms with Crippen molar-refractivity contribution in [2.24, 2.45) is 0 Å². The summed E-state index contributed by atoms with van der Waals surface area (Å²) in [4.78, 5) is 25.8. The van der Waals surface area contributed by atoms with Crippen molar-refractivity contribution in [3.05, 3.63) is 65.2 Å². The number of amides is 2. The highest BCUT2D eigenvalue weighted by atomic mass is 19.2. The molecule has 0 bridgehead atoms. The third kappa shape index (κ3) is 5.54. The minimum atomic E-state index is -1.69. The highest BCUT2D eigenvalue weighted by molar-refractivity contribution is 5.94. The number of rotatable bonds is 7. The Kier molecular flexibility index (Phi) is 6.92. The van der Waals surface area contributed by atoms with Gasteiger partial charge in [0.1, 0.15) is 5.82 Å². The second-order valence-electron chi connectivity index (χ2n) is 5.89. The van der Waals surface area contributed by atoms with Crippen LogP contribution in [0.2, 0.25) is 0 Å². The summed E-state index contributed by atoms with van der Waals surface area (Å²) in [5.74, 6) is -6.11. The van der Waals surface area contributed by atoms with E-state index >= 15 is 0 Å². The molecule has 0 radical (unpaired) electrons. The Morgan fingerprint density at radius 3 is 2.26 bits per heavy atom. The van der Waals surface area contributed by atoms with Crippen LogP contribution in [0.25, 0.3) is 0 Å². The lowest BCUT2D eigenvalue weighted by atomic mass is 10.1. The second kappa shape index (κ2) is 9.16. The van der Waals surface area contributed by atoms with Gasteiger partial charge in [0.05, 0.1) is 18.7 Å². The van der Waals surface area contributed by atoms with Crippen molar-refractivity contribution in [3.63, 3.8) is 0 Å². The van der Waals surface area contributed by atoms with Gasteiger partial charge in [-0.25, -0.2) is 17.6 Å². The Morgan fingerprint density at radius 2 is 1.63 bits per heavy atom. The van der Waals surface area contributed by atoms with Crippen LogP contribution >= 0.6 is 0 Å². The van der Waals surface area contributed by atoms with Gasteiger partial charge in [0.2, 0.25) is 11.8 Å². The molecule has 0 spiro atoms. The fourth-order valence-corrected chi connectivity index (χ4v) is 2.44. The molecule has 0 heterocycles. The van der Waals surface area contributed by atoms with E-state index in [2.05, 4.69) is 5.32 Å². The lowest BCUT2D eigenvalue weighted by Gasteiger charge is -2.22. The van der Waals surface area contributed by atoms with Crippen molar-refractivity contribution < 1.29 is 27.2 Å². The predicted octanol–water partition coefficient (Wildman–Crippen LogP) is 3.66. The van der Waals surface area contributed by atoms with Crippen LogP contribution in [0, 0.1) is 23.3 Å². The van der Waals surface area contributed by atoms with Gasteiger partial charge in [0.25, 0.3) is 0 Å². The zero-order valence-corrected chi connectivity index (χ0v) is 14.6. The first kappa shape index (κ1) is 20.4. The van der Waals surface area contributed by atoms with Gasteiger partial charge in [-0.1, -0.05) is 19.1 Å². The Hall–Kier alpha value is -2.90. The van der Waals surface area contributed by atoms with Gasteiger partial charge in [0.15, 0.2) is 17.5 Å². The summed E-state index contributed by atoms with van der Waals surface area (Å²) in [7, 11) is 0. The Bertz CT molecular complexity index is 825. The third-order valence-electron chi connectivity index (χ3n) is 3.76. The first-order chi connectivity index (χ1) is 12.8. The van der Waals surface area contributed by atoms with Crippen molar-refractivity contribution in [1.82, 2.24) is 4.90 Å². The standard InChI is InChI=1S/C19H18F4N2O2/c1-2-9-25(17(27)10-12-3-5-13(20)6-4-12)11-16(26)24-15-8-7-14(21)18(22)19(15)23/h3-8H,2,9-11H2,1H3,(H,24,26). The van der Waals surface area contributed by atoms with Crippen molar-refractivity contribution >= 4 is 17.5 Å². The summed E-state index contributed by atoms with van der Waals surface area (Å²) in [6, 6.07) is 6.98. The maximum atomic E-state index is 13.6. The largest absolute Gasteiger partial charge is 0.333 e. The normalized spacial score (nSPS) is 10.6. The molecule has 0 fully saturated rings. The highest BCUT2D eigenvalue weighted by Crippen LogP contribution is 2.19. The molecule has 2 aromatic carbocycles. The van der Waals surface area contributed by atoms with E-state index in [9.17, 15) is 27.2 Å². The summed E-state index contributed by atoms with van der Waals surface area (Å²) in [6.45, 7) is 1.70. The molecule has 0 aliphatic carbocycles. The van der Waals surface area contributed by atoms with E-state index in [1.54, 1.807) is 0 Å². The maximum Gasteiger partial charge on any atom is 0.244 e. The first-order valence-corrected chi connectivity index (χ1v) is 8.27. The van der Waals surface area contributed by atoms with Crippen molar-refractivity contribution in [2.45, 2.75) is 19.8 Å². The molecule has 2 rings (SSSR count). The topological polar surface area (TPSA) is 49.4 Å². The molecular weight excluding hydrogens is 364 g/mol. The average Bonchev–Trinajstić information content (AvgIpc) is 2.63. The molecule has 0 aromatic heterocycles. The van der Waals surface area contributed by atoms with E-state index in [4.69, 9.17) is 0 Å². The number of nitrogens with one attached hydrogen (secondary N) is 1.